The lowest BCUT2D eigenvalue weighted by Crippen LogP contribution is -2.35. The summed E-state index contributed by atoms with van der Waals surface area (Å²) in [6.07, 6.45) is 1.34. The maximum absolute atomic E-state index is 12.9. The van der Waals surface area contributed by atoms with E-state index in [0.29, 0.717) is 41.5 Å². The Morgan fingerprint density at radius 3 is 2.46 bits per heavy atom. The molecular weight excluding hydrogens is 421 g/mol. The van der Waals surface area contributed by atoms with E-state index in [1.54, 1.807) is 29.2 Å². The zero-order valence-corrected chi connectivity index (χ0v) is 17.4. The summed E-state index contributed by atoms with van der Waals surface area (Å²) in [4.78, 5) is 14.6. The van der Waals surface area contributed by atoms with E-state index < -0.39 is 21.3 Å². The molecule has 0 unspecified atom stereocenters. The highest BCUT2D eigenvalue weighted by molar-refractivity contribution is 7.85. The highest BCUT2D eigenvalue weighted by atomic mass is 35.5. The van der Waals surface area contributed by atoms with Crippen molar-refractivity contribution in [1.82, 2.24) is 4.90 Å². The third-order valence-corrected chi connectivity index (χ3v) is 6.77. The third kappa shape index (κ3) is 4.87. The van der Waals surface area contributed by atoms with Gasteiger partial charge in [-0.05, 0) is 49.1 Å². The molecule has 1 fully saturated rings. The summed E-state index contributed by atoms with van der Waals surface area (Å²) < 4.78 is 33.1. The molecule has 0 bridgehead atoms. The zero-order valence-electron chi connectivity index (χ0n) is 15.1. The second-order valence-corrected chi connectivity index (χ2v) is 9.46. The first kappa shape index (κ1) is 21.1. The van der Waals surface area contributed by atoms with E-state index in [2.05, 4.69) is 0 Å². The molecule has 8 heteroatoms. The van der Waals surface area contributed by atoms with Crippen LogP contribution in [-0.4, -0.2) is 42.6 Å². The van der Waals surface area contributed by atoms with Crippen molar-refractivity contribution in [3.05, 3.63) is 69.7 Å². The van der Waals surface area contributed by atoms with E-state index in [1.807, 2.05) is 24.3 Å². The predicted octanol–water partition coefficient (Wildman–Crippen LogP) is 4.10. The van der Waals surface area contributed by atoms with Crippen LogP contribution in [0.5, 0.6) is 0 Å². The number of hydrogen-bond acceptors (Lipinski definition) is 4. The number of hydrogen-bond donors (Lipinski definition) is 0. The molecule has 0 saturated carbocycles. The van der Waals surface area contributed by atoms with Gasteiger partial charge in [-0.25, -0.2) is 8.42 Å². The first-order chi connectivity index (χ1) is 13.2. The van der Waals surface area contributed by atoms with Crippen LogP contribution in [0.1, 0.15) is 35.2 Å². The number of carbonyl (C=O) groups is 1. The quantitative estimate of drug-likeness (QED) is 0.633. The van der Waals surface area contributed by atoms with Gasteiger partial charge in [0.25, 0.3) is 5.91 Å². The number of nitrogens with zero attached hydrogens (tertiary/aromatic N) is 1. The Labute approximate surface area is 175 Å². The van der Waals surface area contributed by atoms with Crippen molar-refractivity contribution in [2.75, 3.05) is 18.8 Å². The number of rotatable bonds is 6. The van der Waals surface area contributed by atoms with E-state index in [-0.39, 0.29) is 12.3 Å². The minimum Gasteiger partial charge on any atom is -0.748 e. The average molecular weight is 441 g/mol. The van der Waals surface area contributed by atoms with Gasteiger partial charge in [0.15, 0.2) is 0 Å². The first-order valence-corrected chi connectivity index (χ1v) is 11.3. The van der Waals surface area contributed by atoms with Crippen LogP contribution in [-0.2, 0) is 15.5 Å². The summed E-state index contributed by atoms with van der Waals surface area (Å²) in [6.45, 7) is 0.968. The molecule has 2 aromatic carbocycles. The van der Waals surface area contributed by atoms with E-state index in [9.17, 15) is 17.8 Å². The monoisotopic (exact) mass is 440 g/mol. The van der Waals surface area contributed by atoms with E-state index in [1.165, 1.54) is 0 Å². The number of likely N-dealkylation sites (tertiary alicyclic amines) is 1. The molecule has 0 aliphatic carbocycles. The molecule has 1 aliphatic heterocycles. The standard InChI is InChI=1S/C20H21Cl2NO4S/c21-17-8-7-16(13-18(17)22)20(9-4-12-28(25,26)27)10-11-23(14-20)19(24)15-5-2-1-3-6-15/h1-3,5-8,13H,4,9-12,14H2,(H,25,26,27)/p-1/t20-/m1/s1. The summed E-state index contributed by atoms with van der Waals surface area (Å²) in [5.74, 6) is -0.498. The molecule has 1 heterocycles. The van der Waals surface area contributed by atoms with Crippen LogP contribution in [0.2, 0.25) is 10.0 Å². The fraction of sp³-hybridized carbons (Fsp3) is 0.350. The minimum atomic E-state index is -4.29. The van der Waals surface area contributed by atoms with Crippen LogP contribution < -0.4 is 0 Å². The smallest absolute Gasteiger partial charge is 0.253 e. The second-order valence-electron chi connectivity index (χ2n) is 7.12. The predicted molar refractivity (Wildman–Crippen MR) is 109 cm³/mol. The fourth-order valence-corrected chi connectivity index (χ4v) is 4.60. The van der Waals surface area contributed by atoms with Crippen LogP contribution >= 0.6 is 23.2 Å². The van der Waals surface area contributed by atoms with Crippen molar-refractivity contribution in [2.45, 2.75) is 24.7 Å². The first-order valence-electron chi connectivity index (χ1n) is 8.94. The van der Waals surface area contributed by atoms with Gasteiger partial charge in [0.2, 0.25) is 0 Å². The summed E-state index contributed by atoms with van der Waals surface area (Å²) in [7, 11) is -4.29. The topological polar surface area (TPSA) is 77.5 Å². The van der Waals surface area contributed by atoms with Gasteiger partial charge in [-0.2, -0.15) is 0 Å². The molecule has 1 atom stereocenters. The van der Waals surface area contributed by atoms with Crippen molar-refractivity contribution in [3.63, 3.8) is 0 Å². The molecular formula is C20H20Cl2NO4S-. The SMILES string of the molecule is O=C(c1ccccc1)N1CC[C@@](CCCS(=O)(=O)[O-])(c2ccc(Cl)c(Cl)c2)C1. The molecule has 2 aromatic rings. The van der Waals surface area contributed by atoms with E-state index >= 15 is 0 Å². The molecule has 150 valence electrons. The van der Waals surface area contributed by atoms with Gasteiger partial charge in [0, 0.05) is 29.8 Å². The molecule has 1 saturated heterocycles. The average Bonchev–Trinajstić information content (AvgIpc) is 3.08. The Balaban J connectivity index is 1.87. The summed E-state index contributed by atoms with van der Waals surface area (Å²) in [6, 6.07) is 14.3. The van der Waals surface area contributed by atoms with E-state index in [4.69, 9.17) is 23.2 Å². The Morgan fingerprint density at radius 2 is 1.82 bits per heavy atom. The molecule has 0 N–H and O–H groups in total. The molecule has 3 rings (SSSR count). The van der Waals surface area contributed by atoms with Crippen LogP contribution in [0.4, 0.5) is 0 Å². The molecule has 1 amide bonds. The van der Waals surface area contributed by atoms with E-state index in [0.717, 1.165) is 5.56 Å². The summed E-state index contributed by atoms with van der Waals surface area (Å²) in [5.41, 5.74) is 1.03. The normalized spacial score (nSPS) is 19.8. The Morgan fingerprint density at radius 1 is 1.11 bits per heavy atom. The van der Waals surface area contributed by atoms with Crippen LogP contribution in [0.15, 0.2) is 48.5 Å². The highest BCUT2D eigenvalue weighted by Gasteiger charge is 2.41. The molecule has 0 spiro atoms. The van der Waals surface area contributed by atoms with Gasteiger partial charge in [-0.1, -0.05) is 47.5 Å². The third-order valence-electron chi connectivity index (χ3n) is 5.24. The summed E-state index contributed by atoms with van der Waals surface area (Å²) in [5, 5.41) is 0.834. The van der Waals surface area contributed by atoms with Crippen molar-refractivity contribution in [1.29, 1.82) is 0 Å². The molecule has 1 aliphatic rings. The Kier molecular flexibility index (Phi) is 6.34. The maximum Gasteiger partial charge on any atom is 0.253 e. The largest absolute Gasteiger partial charge is 0.748 e. The Hall–Kier alpha value is -1.60. The molecule has 5 nitrogen and oxygen atoms in total. The van der Waals surface area contributed by atoms with Gasteiger partial charge >= 0.3 is 0 Å². The maximum atomic E-state index is 12.9. The zero-order chi connectivity index (χ0) is 20.4. The minimum absolute atomic E-state index is 0.0704. The number of benzene rings is 2. The number of halogens is 2. The van der Waals surface area contributed by atoms with Crippen LogP contribution in [0, 0.1) is 0 Å². The van der Waals surface area contributed by atoms with Crippen molar-refractivity contribution in [3.8, 4) is 0 Å². The molecule has 0 radical (unpaired) electrons. The molecule has 28 heavy (non-hydrogen) atoms. The van der Waals surface area contributed by atoms with Gasteiger partial charge in [0.05, 0.1) is 20.2 Å². The summed E-state index contributed by atoms with van der Waals surface area (Å²) >= 11 is 12.2. The van der Waals surface area contributed by atoms with Crippen LogP contribution in [0.3, 0.4) is 0 Å². The Bertz CT molecular complexity index is 965. The lowest BCUT2D eigenvalue weighted by Gasteiger charge is -2.31. The van der Waals surface area contributed by atoms with Crippen molar-refractivity contribution in [2.24, 2.45) is 0 Å². The second kappa shape index (κ2) is 8.41. The van der Waals surface area contributed by atoms with Gasteiger partial charge in [-0.3, -0.25) is 4.79 Å². The molecule has 0 aromatic heterocycles. The van der Waals surface area contributed by atoms with Crippen molar-refractivity contribution < 1.29 is 17.8 Å². The highest BCUT2D eigenvalue weighted by Crippen LogP contribution is 2.41. The van der Waals surface area contributed by atoms with Gasteiger partial charge in [0.1, 0.15) is 0 Å². The van der Waals surface area contributed by atoms with Crippen LogP contribution in [0.25, 0.3) is 0 Å². The lowest BCUT2D eigenvalue weighted by atomic mass is 9.76. The fourth-order valence-electron chi connectivity index (χ4n) is 3.81. The van der Waals surface area contributed by atoms with Gasteiger partial charge < -0.3 is 9.45 Å². The lowest BCUT2D eigenvalue weighted by molar-refractivity contribution is 0.0782. The number of amides is 1. The van der Waals surface area contributed by atoms with Gasteiger partial charge in [-0.15, -0.1) is 0 Å². The number of carbonyl (C=O) groups excluding carboxylic acids is 1. The van der Waals surface area contributed by atoms with Crippen molar-refractivity contribution >= 4 is 39.2 Å².